The fraction of sp³-hybridized carbons (Fsp3) is 0. The van der Waals surface area contributed by atoms with E-state index in [0.717, 1.165) is 5.49 Å². The molecule has 3 nitrogen and oxygen atoms in total. The van der Waals surface area contributed by atoms with Gasteiger partial charge in [-0.15, -0.1) is 0 Å². The first-order valence-corrected chi connectivity index (χ1v) is 2.14. The van der Waals surface area contributed by atoms with Crippen LogP contribution in [0.15, 0.2) is 0 Å². The lowest BCUT2D eigenvalue weighted by Crippen LogP contribution is -1.86. The van der Waals surface area contributed by atoms with Gasteiger partial charge in [-0.3, -0.25) is 0 Å². The number of hydrogen-bond acceptors (Lipinski definition) is 2. The summed E-state index contributed by atoms with van der Waals surface area (Å²) in [4.78, 5) is 0. The summed E-state index contributed by atoms with van der Waals surface area (Å²) >= 11 is -1.67. The monoisotopic (exact) mass is 95.0 g/mol. The molecule has 0 spiro atoms. The third-order valence-electron chi connectivity index (χ3n) is 0.122. The van der Waals surface area contributed by atoms with Crippen LogP contribution in [0.25, 0.3) is 0 Å². The Kier molecular flexibility index (Phi) is 2.39. The molecule has 0 fully saturated rings. The highest BCUT2D eigenvalue weighted by Gasteiger charge is 1.61. The van der Waals surface area contributed by atoms with Crippen molar-refractivity contribution in [3.8, 4) is 0 Å². The molecule has 32 valence electrons. The zero-order valence-electron chi connectivity index (χ0n) is 2.46. The van der Waals surface area contributed by atoms with Crippen LogP contribution in [0.4, 0.5) is 0 Å². The van der Waals surface area contributed by atoms with Crippen LogP contribution >= 0.6 is 11.0 Å². The molecule has 0 amide bonds. The van der Waals surface area contributed by atoms with E-state index < -0.39 is 11.0 Å². The van der Waals surface area contributed by atoms with Crippen LogP contribution < -0.4 is 5.73 Å². The molecule has 5 heavy (non-hydrogen) atoms. The van der Waals surface area contributed by atoms with Gasteiger partial charge in [-0.2, -0.15) is 0 Å². The van der Waals surface area contributed by atoms with Crippen LogP contribution in [0.1, 0.15) is 0 Å². The fourth-order valence-electron chi connectivity index (χ4n) is 0. The Morgan fingerprint density at radius 1 is 1.60 bits per heavy atom. The van der Waals surface area contributed by atoms with Crippen molar-refractivity contribution >= 4 is 16.5 Å². The Bertz CT molecular complexity index is 47.6. The van der Waals surface area contributed by atoms with Crippen molar-refractivity contribution in [2.24, 2.45) is 5.73 Å². The second-order valence-electron chi connectivity index (χ2n) is 0.429. The molecule has 0 aliphatic carbocycles. The van der Waals surface area contributed by atoms with Crippen molar-refractivity contribution in [2.45, 2.75) is 0 Å². The van der Waals surface area contributed by atoms with E-state index in [-0.39, 0.29) is 0 Å². The molecule has 0 aliphatic heterocycles. The van der Waals surface area contributed by atoms with Gasteiger partial charge in [0.2, 0.25) is 0 Å². The van der Waals surface area contributed by atoms with E-state index in [9.17, 15) is 0 Å². The summed E-state index contributed by atoms with van der Waals surface area (Å²) in [5, 5.41) is 0. The van der Waals surface area contributed by atoms with E-state index in [1.165, 1.54) is 0 Å². The molecule has 0 bridgehead atoms. The van der Waals surface area contributed by atoms with E-state index in [0.29, 0.717) is 0 Å². The van der Waals surface area contributed by atoms with E-state index in [1.54, 1.807) is 0 Å². The van der Waals surface area contributed by atoms with Gasteiger partial charge in [-0.1, -0.05) is 0 Å². The molecule has 0 aromatic rings. The van der Waals surface area contributed by atoms with Crippen molar-refractivity contribution in [3.63, 3.8) is 0 Å². The minimum Gasteiger partial charge on any atom is -0.314 e. The quantitative estimate of drug-likeness (QED) is 0.369. The van der Waals surface area contributed by atoms with Crippen molar-refractivity contribution in [1.82, 2.24) is 0 Å². The Balaban J connectivity index is 3.14. The molecule has 0 unspecified atom stereocenters. The SMILES string of the molecule is NC=S(O)O. The van der Waals surface area contributed by atoms with Gasteiger partial charge >= 0.3 is 0 Å². The first-order valence-electron chi connectivity index (χ1n) is 0.934. The standard InChI is InChI=1S/CH5NO2S/c2-1-5(3)4/h1,3-4H,2H2. The normalized spacial score (nSPS) is 8.80. The van der Waals surface area contributed by atoms with Gasteiger partial charge in [0.1, 0.15) is 0 Å². The maximum Gasteiger partial charge on any atom is 0.0816 e. The molecule has 0 aromatic heterocycles. The summed E-state index contributed by atoms with van der Waals surface area (Å²) in [6, 6.07) is 0. The average Bonchev–Trinajstić information content (AvgIpc) is 1.38. The van der Waals surface area contributed by atoms with Crippen LogP contribution in [0.3, 0.4) is 0 Å². The lowest BCUT2D eigenvalue weighted by atomic mass is 11.6. The zero-order chi connectivity index (χ0) is 4.28. The summed E-state index contributed by atoms with van der Waals surface area (Å²) in [6.45, 7) is 0. The number of rotatable bonds is 0. The van der Waals surface area contributed by atoms with Gasteiger partial charge in [0.25, 0.3) is 0 Å². The van der Waals surface area contributed by atoms with Gasteiger partial charge in [-0.05, 0) is 0 Å². The highest BCUT2D eigenvalue weighted by atomic mass is 32.2. The number of nitrogens with two attached hydrogens (primary N) is 1. The molecule has 4 heteroatoms. The summed E-state index contributed by atoms with van der Waals surface area (Å²) in [5.41, 5.74) is 5.36. The Labute approximate surface area is 32.4 Å². The topological polar surface area (TPSA) is 66.5 Å². The smallest absolute Gasteiger partial charge is 0.0816 e. The summed E-state index contributed by atoms with van der Waals surface area (Å²) in [5.74, 6) is 0. The number of hydrogen-bond donors (Lipinski definition) is 3. The summed E-state index contributed by atoms with van der Waals surface area (Å²) < 4.78 is 15.5. The fourth-order valence-corrected chi connectivity index (χ4v) is 0. The van der Waals surface area contributed by atoms with Crippen LogP contribution in [0.2, 0.25) is 0 Å². The van der Waals surface area contributed by atoms with Crippen molar-refractivity contribution in [1.29, 1.82) is 0 Å². The molecule has 0 radical (unpaired) electrons. The molecule has 0 saturated heterocycles. The van der Waals surface area contributed by atoms with Gasteiger partial charge in [0.05, 0.1) is 16.5 Å². The highest BCUT2D eigenvalue weighted by molar-refractivity contribution is 8.04. The van der Waals surface area contributed by atoms with Crippen LogP contribution in [0, 0.1) is 0 Å². The highest BCUT2D eigenvalue weighted by Crippen LogP contribution is 1.86. The molecule has 0 heterocycles. The van der Waals surface area contributed by atoms with Gasteiger partial charge in [0, 0.05) is 0 Å². The first kappa shape index (κ1) is 5.10. The second-order valence-corrected chi connectivity index (χ2v) is 1.29. The van der Waals surface area contributed by atoms with Crippen molar-refractivity contribution in [2.75, 3.05) is 0 Å². The molecular weight excluding hydrogens is 90.1 g/mol. The minimum atomic E-state index is -1.67. The van der Waals surface area contributed by atoms with Gasteiger partial charge in [0.15, 0.2) is 0 Å². The summed E-state index contributed by atoms with van der Waals surface area (Å²) in [6.07, 6.45) is 0. The molecule has 0 aromatic carbocycles. The molecule has 0 saturated carbocycles. The molecule has 0 rings (SSSR count). The van der Waals surface area contributed by atoms with Crippen LogP contribution in [-0.2, 0) is 0 Å². The predicted molar refractivity (Wildman–Crippen MR) is 23.1 cm³/mol. The van der Waals surface area contributed by atoms with Gasteiger partial charge in [-0.25, -0.2) is 0 Å². The first-order chi connectivity index (χ1) is 2.27. The third kappa shape index (κ3) is 4.10. The third-order valence-corrected chi connectivity index (χ3v) is 0.365. The van der Waals surface area contributed by atoms with E-state index in [2.05, 4.69) is 5.73 Å². The lowest BCUT2D eigenvalue weighted by Gasteiger charge is -1.75. The van der Waals surface area contributed by atoms with E-state index in [4.69, 9.17) is 9.11 Å². The Morgan fingerprint density at radius 3 is 1.80 bits per heavy atom. The van der Waals surface area contributed by atoms with E-state index in [1.807, 2.05) is 0 Å². The molecular formula is CH5NO2S. The maximum absolute atomic E-state index is 7.76. The summed E-state index contributed by atoms with van der Waals surface area (Å²) in [7, 11) is 0. The average molecular weight is 95.1 g/mol. The maximum atomic E-state index is 7.76. The Morgan fingerprint density at radius 2 is 1.80 bits per heavy atom. The van der Waals surface area contributed by atoms with Crippen molar-refractivity contribution < 1.29 is 9.11 Å². The van der Waals surface area contributed by atoms with E-state index >= 15 is 0 Å². The van der Waals surface area contributed by atoms with Gasteiger partial charge < -0.3 is 14.8 Å². The van der Waals surface area contributed by atoms with Crippen LogP contribution in [-0.4, -0.2) is 14.6 Å². The zero-order valence-corrected chi connectivity index (χ0v) is 3.27. The second kappa shape index (κ2) is 2.34. The molecule has 4 N–H and O–H groups in total. The predicted octanol–water partition coefficient (Wildman–Crippen LogP) is -0.0803. The Hall–Kier alpha value is 0.1000. The largest absolute Gasteiger partial charge is 0.314 e. The minimum absolute atomic E-state index is 0.806. The van der Waals surface area contributed by atoms with Crippen LogP contribution in [0.5, 0.6) is 0 Å². The lowest BCUT2D eigenvalue weighted by molar-refractivity contribution is 0.536. The molecule has 0 atom stereocenters. The molecule has 0 aliphatic rings. The van der Waals surface area contributed by atoms with Crippen molar-refractivity contribution in [3.05, 3.63) is 0 Å².